The highest BCUT2D eigenvalue weighted by molar-refractivity contribution is 6.30. The van der Waals surface area contributed by atoms with Crippen LogP contribution in [0.1, 0.15) is 30.6 Å². The van der Waals surface area contributed by atoms with Crippen LogP contribution >= 0.6 is 11.6 Å². The number of amides is 1. The number of phenolic OH excluding ortho intramolecular Hbond substituents is 1. The minimum absolute atomic E-state index is 0.0716. The lowest BCUT2D eigenvalue weighted by molar-refractivity contribution is -0.150. The third-order valence-electron chi connectivity index (χ3n) is 4.32. The molecule has 1 aliphatic heterocycles. The van der Waals surface area contributed by atoms with E-state index in [9.17, 15) is 14.7 Å². The summed E-state index contributed by atoms with van der Waals surface area (Å²) in [6, 6.07) is 9.80. The van der Waals surface area contributed by atoms with Crippen LogP contribution in [0.15, 0.2) is 36.4 Å². The Balaban J connectivity index is 2.09. The van der Waals surface area contributed by atoms with Gasteiger partial charge in [-0.25, -0.2) is 0 Å². The molecule has 2 aromatic rings. The number of hydrogen-bond donors (Lipinski definition) is 2. The number of benzene rings is 2. The van der Waals surface area contributed by atoms with Crippen molar-refractivity contribution in [1.29, 1.82) is 0 Å². The lowest BCUT2D eigenvalue weighted by atomic mass is 9.98. The number of phenols is 1. The van der Waals surface area contributed by atoms with Crippen molar-refractivity contribution in [1.82, 2.24) is 0 Å². The molecule has 0 unspecified atom stereocenters. The number of methoxy groups -OCH3 is 1. The highest BCUT2D eigenvalue weighted by Gasteiger charge is 2.35. The van der Waals surface area contributed by atoms with Gasteiger partial charge < -0.3 is 24.6 Å². The molecule has 0 fully saturated rings. The van der Waals surface area contributed by atoms with Gasteiger partial charge in [-0.3, -0.25) is 9.59 Å². The first-order valence-corrected chi connectivity index (χ1v) is 9.09. The highest BCUT2D eigenvalue weighted by atomic mass is 35.5. The lowest BCUT2D eigenvalue weighted by Crippen LogP contribution is -2.32. The van der Waals surface area contributed by atoms with Gasteiger partial charge in [0.05, 0.1) is 20.1 Å². The maximum atomic E-state index is 12.6. The molecule has 2 atom stereocenters. The molecule has 3 rings (SSSR count). The Morgan fingerprint density at radius 1 is 1.29 bits per heavy atom. The Morgan fingerprint density at radius 3 is 2.79 bits per heavy atom. The number of carbonyl (C=O) groups excluding carboxylic acids is 2. The van der Waals surface area contributed by atoms with Gasteiger partial charge in [-0.2, -0.15) is 0 Å². The molecular formula is C20H20ClNO6. The van der Waals surface area contributed by atoms with E-state index in [-0.39, 0.29) is 24.5 Å². The number of anilines is 1. The number of carbonyl (C=O) groups is 2. The molecule has 0 bridgehead atoms. The standard InChI is InChI=1S/C20H20ClNO6/c1-3-27-17(24)10-16-20(25)22-14-8-7-11(21)9-13(14)18(28-16)12-5-4-6-15(23)19(12)26-2/h4-9,16,18,23H,3,10H2,1-2H3,(H,22,25)/t16-,18-/m1/s1. The van der Waals surface area contributed by atoms with Crippen LogP contribution in [0, 0.1) is 0 Å². The van der Waals surface area contributed by atoms with E-state index in [1.165, 1.54) is 13.2 Å². The van der Waals surface area contributed by atoms with Gasteiger partial charge in [-0.1, -0.05) is 23.7 Å². The molecule has 0 aromatic heterocycles. The number of ether oxygens (including phenoxy) is 3. The molecule has 0 radical (unpaired) electrons. The van der Waals surface area contributed by atoms with E-state index in [4.69, 9.17) is 25.8 Å². The number of fused-ring (bicyclic) bond motifs is 1. The summed E-state index contributed by atoms with van der Waals surface area (Å²) in [4.78, 5) is 24.6. The molecule has 7 nitrogen and oxygen atoms in total. The molecule has 2 aromatic carbocycles. The highest BCUT2D eigenvalue weighted by Crippen LogP contribution is 2.43. The zero-order valence-corrected chi connectivity index (χ0v) is 16.2. The number of hydrogen-bond acceptors (Lipinski definition) is 6. The van der Waals surface area contributed by atoms with E-state index in [1.807, 2.05) is 0 Å². The van der Waals surface area contributed by atoms with Gasteiger partial charge in [0.1, 0.15) is 12.2 Å². The largest absolute Gasteiger partial charge is 0.504 e. The second-order valence-electron chi connectivity index (χ2n) is 6.13. The van der Waals surface area contributed by atoms with Crippen LogP contribution in [0.2, 0.25) is 5.02 Å². The van der Waals surface area contributed by atoms with Crippen molar-refractivity contribution in [2.45, 2.75) is 25.6 Å². The number of para-hydroxylation sites is 1. The van der Waals surface area contributed by atoms with Crippen molar-refractivity contribution in [3.63, 3.8) is 0 Å². The van der Waals surface area contributed by atoms with E-state index < -0.39 is 24.1 Å². The normalized spacial score (nSPS) is 18.6. The van der Waals surface area contributed by atoms with Crippen LogP contribution in [-0.2, 0) is 19.1 Å². The summed E-state index contributed by atoms with van der Waals surface area (Å²) in [7, 11) is 1.42. The molecule has 28 heavy (non-hydrogen) atoms. The first-order chi connectivity index (χ1) is 13.4. The maximum Gasteiger partial charge on any atom is 0.308 e. The van der Waals surface area contributed by atoms with E-state index in [0.29, 0.717) is 21.8 Å². The Labute approximate surface area is 167 Å². The number of aromatic hydroxyl groups is 1. The number of esters is 1. The monoisotopic (exact) mass is 405 g/mol. The molecule has 0 aliphatic carbocycles. The zero-order valence-electron chi connectivity index (χ0n) is 15.4. The first-order valence-electron chi connectivity index (χ1n) is 8.71. The van der Waals surface area contributed by atoms with Crippen LogP contribution in [-0.4, -0.2) is 36.8 Å². The van der Waals surface area contributed by atoms with Crippen molar-refractivity contribution in [3.05, 3.63) is 52.5 Å². The topological polar surface area (TPSA) is 94.1 Å². The third-order valence-corrected chi connectivity index (χ3v) is 4.55. The Morgan fingerprint density at radius 2 is 2.07 bits per heavy atom. The Kier molecular flexibility index (Phi) is 6.06. The fourth-order valence-electron chi connectivity index (χ4n) is 3.10. The minimum atomic E-state index is -1.10. The van der Waals surface area contributed by atoms with Gasteiger partial charge in [0, 0.05) is 21.8 Å². The summed E-state index contributed by atoms with van der Waals surface area (Å²) in [6.07, 6.45) is -2.16. The van der Waals surface area contributed by atoms with Crippen molar-refractivity contribution >= 4 is 29.2 Å². The molecule has 1 amide bonds. The summed E-state index contributed by atoms with van der Waals surface area (Å²) in [5.41, 5.74) is 1.57. The number of halogens is 1. The predicted octanol–water partition coefficient (Wildman–Crippen LogP) is 3.43. The van der Waals surface area contributed by atoms with Gasteiger partial charge in [0.2, 0.25) is 0 Å². The fraction of sp³-hybridized carbons (Fsp3) is 0.300. The Bertz CT molecular complexity index is 900. The van der Waals surface area contributed by atoms with Crippen LogP contribution in [0.25, 0.3) is 0 Å². The summed E-state index contributed by atoms with van der Waals surface area (Å²) in [5, 5.41) is 13.4. The van der Waals surface area contributed by atoms with E-state index in [2.05, 4.69) is 5.32 Å². The van der Waals surface area contributed by atoms with Gasteiger partial charge in [-0.15, -0.1) is 0 Å². The van der Waals surface area contributed by atoms with Gasteiger partial charge in [-0.05, 0) is 31.2 Å². The number of nitrogens with one attached hydrogen (secondary N) is 1. The summed E-state index contributed by atoms with van der Waals surface area (Å²) >= 11 is 6.16. The molecule has 8 heteroatoms. The maximum absolute atomic E-state index is 12.6. The van der Waals surface area contributed by atoms with Crippen LogP contribution in [0.4, 0.5) is 5.69 Å². The van der Waals surface area contributed by atoms with E-state index >= 15 is 0 Å². The van der Waals surface area contributed by atoms with Crippen molar-refractivity contribution < 1.29 is 28.9 Å². The van der Waals surface area contributed by atoms with Crippen LogP contribution in [0.3, 0.4) is 0 Å². The minimum Gasteiger partial charge on any atom is -0.504 e. The first kappa shape index (κ1) is 20.0. The molecule has 0 saturated heterocycles. The second-order valence-corrected chi connectivity index (χ2v) is 6.57. The van der Waals surface area contributed by atoms with Crippen molar-refractivity contribution in [3.8, 4) is 11.5 Å². The lowest BCUT2D eigenvalue weighted by Gasteiger charge is -2.23. The van der Waals surface area contributed by atoms with Gasteiger partial charge >= 0.3 is 5.97 Å². The summed E-state index contributed by atoms with van der Waals surface area (Å²) in [6.45, 7) is 1.89. The molecule has 0 spiro atoms. The fourth-order valence-corrected chi connectivity index (χ4v) is 3.28. The molecule has 1 heterocycles. The molecule has 2 N–H and O–H groups in total. The Hall–Kier alpha value is -2.77. The van der Waals surface area contributed by atoms with E-state index in [0.717, 1.165) is 0 Å². The van der Waals surface area contributed by atoms with E-state index in [1.54, 1.807) is 37.3 Å². The average Bonchev–Trinajstić information content (AvgIpc) is 2.78. The van der Waals surface area contributed by atoms with Gasteiger partial charge in [0.25, 0.3) is 5.91 Å². The molecule has 0 saturated carbocycles. The number of rotatable bonds is 5. The smallest absolute Gasteiger partial charge is 0.308 e. The quantitative estimate of drug-likeness (QED) is 0.740. The predicted molar refractivity (Wildman–Crippen MR) is 103 cm³/mol. The van der Waals surface area contributed by atoms with Crippen molar-refractivity contribution in [2.75, 3.05) is 19.0 Å². The average molecular weight is 406 g/mol. The zero-order chi connectivity index (χ0) is 20.3. The second kappa shape index (κ2) is 8.50. The summed E-state index contributed by atoms with van der Waals surface area (Å²) in [5.74, 6) is -0.883. The SMILES string of the molecule is CCOC(=O)C[C@H]1O[C@H](c2cccc(O)c2OC)c2cc(Cl)ccc2NC1=O. The van der Waals surface area contributed by atoms with Gasteiger partial charge in [0.15, 0.2) is 11.5 Å². The third kappa shape index (κ3) is 4.05. The van der Waals surface area contributed by atoms with Crippen LogP contribution in [0.5, 0.6) is 11.5 Å². The van der Waals surface area contributed by atoms with Crippen molar-refractivity contribution in [2.24, 2.45) is 0 Å². The van der Waals surface area contributed by atoms with Crippen LogP contribution < -0.4 is 10.1 Å². The molecule has 1 aliphatic rings. The summed E-state index contributed by atoms with van der Waals surface area (Å²) < 4.78 is 16.3. The molecular weight excluding hydrogens is 386 g/mol. The molecule has 148 valence electrons.